The van der Waals surface area contributed by atoms with Gasteiger partial charge in [0, 0.05) is 19.2 Å². The number of carbonyl (C=O) groups is 2. The van der Waals surface area contributed by atoms with Gasteiger partial charge in [0.1, 0.15) is 23.0 Å². The number of para-hydroxylation sites is 1. The molecule has 0 aliphatic carbocycles. The van der Waals surface area contributed by atoms with Crippen molar-refractivity contribution < 1.29 is 28.0 Å². The summed E-state index contributed by atoms with van der Waals surface area (Å²) in [5.41, 5.74) is -0.587. The minimum Gasteiger partial charge on any atom is -0.449 e. The lowest BCUT2D eigenvalue weighted by Crippen LogP contribution is -2.34. The van der Waals surface area contributed by atoms with Gasteiger partial charge in [-0.15, -0.1) is 0 Å². The fraction of sp³-hybridized carbons (Fsp3) is 0.364. The average molecular weight is 447 g/mol. The molecule has 1 N–H and O–H groups in total. The molecule has 1 aliphatic rings. The molecule has 2 unspecified atom stereocenters. The zero-order valence-electron chi connectivity index (χ0n) is 17.6. The van der Waals surface area contributed by atoms with Crippen molar-refractivity contribution in [1.29, 1.82) is 0 Å². The van der Waals surface area contributed by atoms with E-state index in [1.165, 1.54) is 19.1 Å². The van der Waals surface area contributed by atoms with Crippen LogP contribution in [0.25, 0.3) is 0 Å². The number of anilines is 2. The summed E-state index contributed by atoms with van der Waals surface area (Å²) in [5, 5.41) is 13.6. The van der Waals surface area contributed by atoms with Crippen LogP contribution in [0.15, 0.2) is 36.4 Å². The van der Waals surface area contributed by atoms with E-state index in [-0.39, 0.29) is 11.3 Å². The van der Waals surface area contributed by atoms with E-state index in [0.29, 0.717) is 24.7 Å². The number of ether oxygens (including phenoxy) is 1. The molecule has 170 valence electrons. The molecule has 0 bridgehead atoms. The molecule has 0 spiro atoms. The van der Waals surface area contributed by atoms with Gasteiger partial charge in [-0.25, -0.2) is 13.6 Å². The van der Waals surface area contributed by atoms with Crippen molar-refractivity contribution in [2.24, 2.45) is 5.92 Å². The van der Waals surface area contributed by atoms with E-state index in [9.17, 15) is 28.5 Å². The SMILES string of the molecule is CC1CCCN(c2ccc(C(=O)OC(C)C(=O)Nc3c(F)cccc3F)cc2[N+](=O)[O-])C1. The van der Waals surface area contributed by atoms with Crippen molar-refractivity contribution in [1.82, 2.24) is 0 Å². The minimum atomic E-state index is -1.40. The number of nitrogens with zero attached hydrogens (tertiary/aromatic N) is 2. The summed E-state index contributed by atoms with van der Waals surface area (Å²) in [6, 6.07) is 7.08. The Morgan fingerprint density at radius 3 is 2.56 bits per heavy atom. The lowest BCUT2D eigenvalue weighted by Gasteiger charge is -2.32. The number of carbonyl (C=O) groups excluding carboxylic acids is 2. The first-order chi connectivity index (χ1) is 15.2. The molecule has 2 aromatic carbocycles. The zero-order chi connectivity index (χ0) is 23.4. The molecule has 3 rings (SSSR count). The summed E-state index contributed by atoms with van der Waals surface area (Å²) in [6.07, 6.45) is 0.561. The zero-order valence-corrected chi connectivity index (χ0v) is 17.6. The van der Waals surface area contributed by atoms with Crippen molar-refractivity contribution in [2.45, 2.75) is 32.8 Å². The van der Waals surface area contributed by atoms with Gasteiger partial charge >= 0.3 is 5.97 Å². The quantitative estimate of drug-likeness (QED) is 0.403. The van der Waals surface area contributed by atoms with Crippen molar-refractivity contribution in [3.05, 3.63) is 63.7 Å². The van der Waals surface area contributed by atoms with Gasteiger partial charge in [0.2, 0.25) is 0 Å². The highest BCUT2D eigenvalue weighted by atomic mass is 19.1. The monoisotopic (exact) mass is 447 g/mol. The third-order valence-corrected chi connectivity index (χ3v) is 5.27. The van der Waals surface area contributed by atoms with Crippen LogP contribution < -0.4 is 10.2 Å². The number of esters is 1. The number of nitrogens with one attached hydrogen (secondary N) is 1. The van der Waals surface area contributed by atoms with Gasteiger partial charge in [-0.05, 0) is 49.9 Å². The summed E-state index contributed by atoms with van der Waals surface area (Å²) < 4.78 is 32.5. The van der Waals surface area contributed by atoms with E-state index in [4.69, 9.17) is 4.74 Å². The molecule has 2 aromatic rings. The van der Waals surface area contributed by atoms with Crippen LogP contribution in [0.5, 0.6) is 0 Å². The first kappa shape index (κ1) is 23.1. The van der Waals surface area contributed by atoms with Gasteiger partial charge in [-0.2, -0.15) is 0 Å². The van der Waals surface area contributed by atoms with E-state index in [2.05, 4.69) is 6.92 Å². The molecule has 10 heteroatoms. The number of hydrogen-bond donors (Lipinski definition) is 1. The Balaban J connectivity index is 1.73. The van der Waals surface area contributed by atoms with Gasteiger partial charge in [0.15, 0.2) is 6.10 Å². The number of piperidine rings is 1. The molecule has 32 heavy (non-hydrogen) atoms. The second-order valence-corrected chi connectivity index (χ2v) is 7.79. The molecule has 1 aliphatic heterocycles. The van der Waals surface area contributed by atoms with Crippen molar-refractivity contribution in [2.75, 3.05) is 23.3 Å². The summed E-state index contributed by atoms with van der Waals surface area (Å²) in [5.74, 6) is -3.48. The van der Waals surface area contributed by atoms with Crippen LogP contribution in [0.2, 0.25) is 0 Å². The van der Waals surface area contributed by atoms with Gasteiger partial charge in [-0.3, -0.25) is 14.9 Å². The van der Waals surface area contributed by atoms with Crippen LogP contribution in [-0.2, 0) is 9.53 Å². The molecule has 0 aromatic heterocycles. The Hall–Kier alpha value is -3.56. The normalized spacial score (nSPS) is 16.9. The summed E-state index contributed by atoms with van der Waals surface area (Å²) in [6.45, 7) is 4.65. The lowest BCUT2D eigenvalue weighted by atomic mass is 9.99. The topological polar surface area (TPSA) is 102 Å². The fourth-order valence-electron chi connectivity index (χ4n) is 3.60. The molecule has 0 radical (unpaired) electrons. The van der Waals surface area contributed by atoms with Crippen molar-refractivity contribution in [3.63, 3.8) is 0 Å². The molecule has 0 saturated carbocycles. The molecular weight excluding hydrogens is 424 g/mol. The van der Waals surface area contributed by atoms with E-state index < -0.39 is 40.2 Å². The van der Waals surface area contributed by atoms with Crippen LogP contribution in [0, 0.1) is 27.7 Å². The van der Waals surface area contributed by atoms with Crippen LogP contribution >= 0.6 is 0 Å². The van der Waals surface area contributed by atoms with E-state index in [0.717, 1.165) is 37.1 Å². The number of nitro benzene ring substituents is 1. The van der Waals surface area contributed by atoms with E-state index >= 15 is 0 Å². The number of rotatable bonds is 6. The van der Waals surface area contributed by atoms with Crippen LogP contribution in [0.1, 0.15) is 37.0 Å². The Kier molecular flexibility index (Phi) is 7.01. The Morgan fingerprint density at radius 1 is 1.25 bits per heavy atom. The number of amides is 1. The third-order valence-electron chi connectivity index (χ3n) is 5.27. The number of halogens is 2. The summed E-state index contributed by atoms with van der Waals surface area (Å²) in [7, 11) is 0. The average Bonchev–Trinajstić information content (AvgIpc) is 2.75. The minimum absolute atomic E-state index is 0.109. The Bertz CT molecular complexity index is 1030. The van der Waals surface area contributed by atoms with E-state index in [1.807, 2.05) is 10.2 Å². The highest BCUT2D eigenvalue weighted by Crippen LogP contribution is 2.32. The van der Waals surface area contributed by atoms with Crippen LogP contribution in [0.4, 0.5) is 25.8 Å². The fourth-order valence-corrected chi connectivity index (χ4v) is 3.60. The first-order valence-corrected chi connectivity index (χ1v) is 10.2. The molecular formula is C22H23F2N3O5. The lowest BCUT2D eigenvalue weighted by molar-refractivity contribution is -0.384. The standard InChI is InChI=1S/C22H23F2N3O5/c1-13-5-4-10-26(12-13)18-9-8-15(11-19(18)27(30)31)22(29)32-14(2)21(28)25-20-16(23)6-3-7-17(20)24/h3,6-9,11,13-14H,4-5,10,12H2,1-2H3,(H,25,28). The smallest absolute Gasteiger partial charge is 0.339 e. The van der Waals surface area contributed by atoms with Crippen LogP contribution in [-0.4, -0.2) is 36.0 Å². The molecule has 2 atom stereocenters. The van der Waals surface area contributed by atoms with Crippen molar-refractivity contribution in [3.8, 4) is 0 Å². The number of hydrogen-bond acceptors (Lipinski definition) is 6. The van der Waals surface area contributed by atoms with Crippen molar-refractivity contribution >= 4 is 28.9 Å². The summed E-state index contributed by atoms with van der Waals surface area (Å²) >= 11 is 0. The predicted molar refractivity (Wildman–Crippen MR) is 114 cm³/mol. The molecule has 1 fully saturated rings. The second-order valence-electron chi connectivity index (χ2n) is 7.79. The number of nitro groups is 1. The van der Waals surface area contributed by atoms with E-state index in [1.54, 1.807) is 0 Å². The predicted octanol–water partition coefficient (Wildman–Crippen LogP) is 4.29. The maximum atomic E-state index is 13.7. The highest BCUT2D eigenvalue weighted by molar-refractivity contribution is 5.98. The van der Waals surface area contributed by atoms with Gasteiger partial charge in [0.05, 0.1) is 10.5 Å². The third kappa shape index (κ3) is 5.19. The van der Waals surface area contributed by atoms with Gasteiger partial charge in [-0.1, -0.05) is 13.0 Å². The Labute approximate surface area is 183 Å². The van der Waals surface area contributed by atoms with Crippen LogP contribution in [0.3, 0.4) is 0 Å². The van der Waals surface area contributed by atoms with Gasteiger partial charge < -0.3 is 15.0 Å². The highest BCUT2D eigenvalue weighted by Gasteiger charge is 2.27. The molecule has 1 amide bonds. The first-order valence-electron chi connectivity index (χ1n) is 10.2. The Morgan fingerprint density at radius 2 is 1.94 bits per heavy atom. The largest absolute Gasteiger partial charge is 0.449 e. The molecule has 8 nitrogen and oxygen atoms in total. The molecule has 1 saturated heterocycles. The maximum absolute atomic E-state index is 13.7. The number of benzene rings is 2. The second kappa shape index (κ2) is 9.71. The summed E-state index contributed by atoms with van der Waals surface area (Å²) in [4.78, 5) is 37.6. The van der Waals surface area contributed by atoms with Gasteiger partial charge in [0.25, 0.3) is 11.6 Å². The molecule has 1 heterocycles. The maximum Gasteiger partial charge on any atom is 0.339 e.